The fourth-order valence-corrected chi connectivity index (χ4v) is 1.34. The number of aromatic nitrogens is 1. The van der Waals surface area contributed by atoms with Gasteiger partial charge in [-0.3, -0.25) is 4.98 Å². The van der Waals surface area contributed by atoms with Gasteiger partial charge in [-0.2, -0.15) is 0 Å². The van der Waals surface area contributed by atoms with Crippen LogP contribution in [0.3, 0.4) is 0 Å². The molecule has 1 atom stereocenters. The molecule has 2 nitrogen and oxygen atoms in total. The maximum atomic E-state index is 5.80. The summed E-state index contributed by atoms with van der Waals surface area (Å²) in [7, 11) is 0. The Labute approximate surface area is 80.2 Å². The SMILES string of the molecule is CC(C)C(C)(CN)c1ccccn1. The van der Waals surface area contributed by atoms with E-state index in [2.05, 4.69) is 25.8 Å². The van der Waals surface area contributed by atoms with Crippen molar-refractivity contribution < 1.29 is 0 Å². The van der Waals surface area contributed by atoms with E-state index in [1.807, 2.05) is 24.4 Å². The third-order valence-corrected chi connectivity index (χ3v) is 2.95. The van der Waals surface area contributed by atoms with Crippen LogP contribution in [0, 0.1) is 5.92 Å². The summed E-state index contributed by atoms with van der Waals surface area (Å²) in [5, 5.41) is 0. The van der Waals surface area contributed by atoms with Crippen LogP contribution in [0.25, 0.3) is 0 Å². The Balaban J connectivity index is 3.03. The van der Waals surface area contributed by atoms with Crippen molar-refractivity contribution in [3.05, 3.63) is 30.1 Å². The predicted molar refractivity (Wildman–Crippen MR) is 55.5 cm³/mol. The average Bonchev–Trinajstić information content (AvgIpc) is 2.17. The lowest BCUT2D eigenvalue weighted by Crippen LogP contribution is -2.37. The van der Waals surface area contributed by atoms with Crippen molar-refractivity contribution in [2.75, 3.05) is 6.54 Å². The highest BCUT2D eigenvalue weighted by atomic mass is 14.7. The zero-order valence-corrected chi connectivity index (χ0v) is 8.62. The normalized spacial score (nSPS) is 15.8. The van der Waals surface area contributed by atoms with Gasteiger partial charge in [-0.25, -0.2) is 0 Å². The van der Waals surface area contributed by atoms with Crippen LogP contribution in [0.1, 0.15) is 26.5 Å². The molecule has 1 aromatic rings. The van der Waals surface area contributed by atoms with E-state index in [0.717, 1.165) is 5.69 Å². The Morgan fingerprint density at radius 3 is 2.54 bits per heavy atom. The second kappa shape index (κ2) is 3.88. The highest BCUT2D eigenvalue weighted by Gasteiger charge is 2.29. The standard InChI is InChI=1S/C11H18N2/c1-9(2)11(3,8-12)10-6-4-5-7-13-10/h4-7,9H,8,12H2,1-3H3. The van der Waals surface area contributed by atoms with Crippen molar-refractivity contribution >= 4 is 0 Å². The molecule has 0 saturated heterocycles. The van der Waals surface area contributed by atoms with Crippen LogP contribution in [0.5, 0.6) is 0 Å². The molecule has 2 N–H and O–H groups in total. The molecular formula is C11H18N2. The van der Waals surface area contributed by atoms with Gasteiger partial charge in [-0.05, 0) is 18.1 Å². The molecule has 0 aromatic carbocycles. The van der Waals surface area contributed by atoms with E-state index in [9.17, 15) is 0 Å². The Morgan fingerprint density at radius 1 is 1.46 bits per heavy atom. The summed E-state index contributed by atoms with van der Waals surface area (Å²) in [6.07, 6.45) is 1.83. The molecule has 2 heteroatoms. The first-order valence-electron chi connectivity index (χ1n) is 4.73. The molecule has 0 aliphatic carbocycles. The van der Waals surface area contributed by atoms with Crippen molar-refractivity contribution in [3.63, 3.8) is 0 Å². The first-order valence-corrected chi connectivity index (χ1v) is 4.73. The summed E-state index contributed by atoms with van der Waals surface area (Å²) in [6.45, 7) is 7.17. The minimum Gasteiger partial charge on any atom is -0.330 e. The van der Waals surface area contributed by atoms with Gasteiger partial charge in [-0.15, -0.1) is 0 Å². The molecule has 13 heavy (non-hydrogen) atoms. The summed E-state index contributed by atoms with van der Waals surface area (Å²) in [4.78, 5) is 4.36. The lowest BCUT2D eigenvalue weighted by atomic mass is 9.76. The van der Waals surface area contributed by atoms with Gasteiger partial charge in [0, 0.05) is 23.9 Å². The van der Waals surface area contributed by atoms with Gasteiger partial charge in [0.25, 0.3) is 0 Å². The van der Waals surface area contributed by atoms with Crippen molar-refractivity contribution in [1.29, 1.82) is 0 Å². The molecule has 1 aromatic heterocycles. The van der Waals surface area contributed by atoms with Crippen LogP contribution in [0.2, 0.25) is 0 Å². The van der Waals surface area contributed by atoms with Gasteiger partial charge in [0.1, 0.15) is 0 Å². The highest BCUT2D eigenvalue weighted by molar-refractivity contribution is 5.17. The maximum absolute atomic E-state index is 5.80. The summed E-state index contributed by atoms with van der Waals surface area (Å²) < 4.78 is 0. The van der Waals surface area contributed by atoms with E-state index in [1.165, 1.54) is 0 Å². The van der Waals surface area contributed by atoms with Crippen LogP contribution in [-0.4, -0.2) is 11.5 Å². The van der Waals surface area contributed by atoms with E-state index >= 15 is 0 Å². The van der Waals surface area contributed by atoms with Gasteiger partial charge < -0.3 is 5.73 Å². The van der Waals surface area contributed by atoms with E-state index in [0.29, 0.717) is 12.5 Å². The fraction of sp³-hybridized carbons (Fsp3) is 0.545. The molecule has 0 saturated carbocycles. The zero-order chi connectivity index (χ0) is 9.90. The first kappa shape index (κ1) is 10.2. The largest absolute Gasteiger partial charge is 0.330 e. The molecule has 0 spiro atoms. The van der Waals surface area contributed by atoms with Crippen molar-refractivity contribution in [3.8, 4) is 0 Å². The second-order valence-electron chi connectivity index (χ2n) is 3.99. The minimum absolute atomic E-state index is 0.00125. The molecule has 1 heterocycles. The summed E-state index contributed by atoms with van der Waals surface area (Å²) in [5.74, 6) is 0.507. The molecule has 0 radical (unpaired) electrons. The molecule has 0 fully saturated rings. The Bertz CT molecular complexity index is 256. The molecular weight excluding hydrogens is 160 g/mol. The van der Waals surface area contributed by atoms with Gasteiger partial charge in [0.2, 0.25) is 0 Å². The number of pyridine rings is 1. The number of nitrogens with zero attached hydrogens (tertiary/aromatic N) is 1. The van der Waals surface area contributed by atoms with Crippen LogP contribution in [0.4, 0.5) is 0 Å². The van der Waals surface area contributed by atoms with E-state index in [1.54, 1.807) is 0 Å². The first-order chi connectivity index (χ1) is 6.11. The highest BCUT2D eigenvalue weighted by Crippen LogP contribution is 2.28. The molecule has 0 aliphatic rings. The number of hydrogen-bond donors (Lipinski definition) is 1. The van der Waals surface area contributed by atoms with Crippen molar-refractivity contribution in [1.82, 2.24) is 4.98 Å². The van der Waals surface area contributed by atoms with Gasteiger partial charge >= 0.3 is 0 Å². The lowest BCUT2D eigenvalue weighted by molar-refractivity contribution is 0.338. The van der Waals surface area contributed by atoms with E-state index in [4.69, 9.17) is 5.73 Å². The van der Waals surface area contributed by atoms with Crippen LogP contribution >= 0.6 is 0 Å². The molecule has 0 bridgehead atoms. The fourth-order valence-electron chi connectivity index (χ4n) is 1.34. The van der Waals surface area contributed by atoms with Crippen molar-refractivity contribution in [2.45, 2.75) is 26.2 Å². The average molecular weight is 178 g/mol. The minimum atomic E-state index is 0.00125. The van der Waals surface area contributed by atoms with Gasteiger partial charge in [-0.1, -0.05) is 26.8 Å². The van der Waals surface area contributed by atoms with Gasteiger partial charge in [0.15, 0.2) is 0 Å². The second-order valence-corrected chi connectivity index (χ2v) is 3.99. The monoisotopic (exact) mass is 178 g/mol. The lowest BCUT2D eigenvalue weighted by Gasteiger charge is -2.31. The smallest absolute Gasteiger partial charge is 0.0477 e. The molecule has 1 unspecified atom stereocenters. The number of nitrogens with two attached hydrogens (primary N) is 1. The Morgan fingerprint density at radius 2 is 2.15 bits per heavy atom. The molecule has 1 rings (SSSR count). The Hall–Kier alpha value is -0.890. The summed E-state index contributed by atoms with van der Waals surface area (Å²) in [5.41, 5.74) is 6.89. The topological polar surface area (TPSA) is 38.9 Å². The molecule has 72 valence electrons. The van der Waals surface area contributed by atoms with Crippen LogP contribution in [-0.2, 0) is 5.41 Å². The van der Waals surface area contributed by atoms with E-state index in [-0.39, 0.29) is 5.41 Å². The third kappa shape index (κ3) is 1.89. The van der Waals surface area contributed by atoms with E-state index < -0.39 is 0 Å². The van der Waals surface area contributed by atoms with Crippen molar-refractivity contribution in [2.24, 2.45) is 11.7 Å². The zero-order valence-electron chi connectivity index (χ0n) is 8.62. The van der Waals surface area contributed by atoms with Gasteiger partial charge in [0.05, 0.1) is 0 Å². The predicted octanol–water partition coefficient (Wildman–Crippen LogP) is 1.95. The third-order valence-electron chi connectivity index (χ3n) is 2.95. The summed E-state index contributed by atoms with van der Waals surface area (Å²) >= 11 is 0. The van der Waals surface area contributed by atoms with Crippen LogP contribution < -0.4 is 5.73 Å². The summed E-state index contributed by atoms with van der Waals surface area (Å²) in [6, 6.07) is 5.99. The van der Waals surface area contributed by atoms with Crippen LogP contribution in [0.15, 0.2) is 24.4 Å². The Kier molecular flexibility index (Phi) is 3.04. The molecule has 0 amide bonds. The molecule has 0 aliphatic heterocycles. The number of rotatable bonds is 3. The quantitative estimate of drug-likeness (QED) is 0.768. The number of hydrogen-bond acceptors (Lipinski definition) is 2. The maximum Gasteiger partial charge on any atom is 0.0477 e.